The molecule has 0 spiro atoms. The van der Waals surface area contributed by atoms with Crippen molar-refractivity contribution in [1.82, 2.24) is 9.62 Å². The van der Waals surface area contributed by atoms with Crippen molar-refractivity contribution >= 4 is 15.7 Å². The van der Waals surface area contributed by atoms with Crippen LogP contribution < -0.4 is 15.2 Å². The molecule has 1 aromatic rings. The fourth-order valence-corrected chi connectivity index (χ4v) is 2.79. The molecule has 3 N–H and O–H groups in total. The van der Waals surface area contributed by atoms with Crippen molar-refractivity contribution in [1.29, 1.82) is 0 Å². The van der Waals surface area contributed by atoms with Gasteiger partial charge in [0.15, 0.2) is 0 Å². The predicted molar refractivity (Wildman–Crippen MR) is 82.0 cm³/mol. The topological polar surface area (TPSA) is 93.9 Å². The maximum atomic E-state index is 12.2. The molecule has 8 heteroatoms. The number of nitrogens with one attached hydrogen (secondary N) is 1. The van der Waals surface area contributed by atoms with Crippen molar-refractivity contribution in [2.75, 3.05) is 53.2 Å². The van der Waals surface area contributed by atoms with Gasteiger partial charge in [-0.3, -0.25) is 0 Å². The van der Waals surface area contributed by atoms with E-state index in [4.69, 9.17) is 15.2 Å². The number of likely N-dealkylation sites (N-methyl/N-ethyl adjacent to an activating group) is 1. The summed E-state index contributed by atoms with van der Waals surface area (Å²) in [6, 6.07) is 4.48. The molecule has 0 heterocycles. The monoisotopic (exact) mass is 317 g/mol. The van der Waals surface area contributed by atoms with Crippen LogP contribution in [-0.2, 0) is 14.8 Å². The third kappa shape index (κ3) is 5.88. The van der Waals surface area contributed by atoms with Crippen molar-refractivity contribution in [3.8, 4) is 5.75 Å². The molecule has 0 aliphatic heterocycles. The Morgan fingerprint density at radius 1 is 1.29 bits per heavy atom. The average molecular weight is 317 g/mol. The lowest BCUT2D eigenvalue weighted by Gasteiger charge is -2.12. The molecule has 0 bridgehead atoms. The zero-order chi connectivity index (χ0) is 15.9. The average Bonchev–Trinajstić information content (AvgIpc) is 2.42. The molecule has 1 rings (SSSR count). The lowest BCUT2D eigenvalue weighted by molar-refractivity contribution is 0.122. The van der Waals surface area contributed by atoms with Crippen LogP contribution in [0.2, 0.25) is 0 Å². The van der Waals surface area contributed by atoms with E-state index in [1.165, 1.54) is 19.2 Å². The second-order valence-electron chi connectivity index (χ2n) is 4.72. The highest BCUT2D eigenvalue weighted by Gasteiger charge is 2.19. The van der Waals surface area contributed by atoms with Crippen molar-refractivity contribution < 1.29 is 17.9 Å². The quantitative estimate of drug-likeness (QED) is 0.497. The third-order valence-electron chi connectivity index (χ3n) is 2.70. The third-order valence-corrected chi connectivity index (χ3v) is 4.18. The number of hydrogen-bond donors (Lipinski definition) is 2. The van der Waals surface area contributed by atoms with E-state index in [2.05, 4.69) is 4.72 Å². The maximum Gasteiger partial charge on any atom is 0.244 e. The Kier molecular flexibility index (Phi) is 6.90. The number of nitrogens with zero attached hydrogens (tertiary/aromatic N) is 1. The minimum Gasteiger partial charge on any atom is -0.495 e. The number of sulfonamides is 1. The number of benzene rings is 1. The van der Waals surface area contributed by atoms with E-state index in [0.29, 0.717) is 18.9 Å². The van der Waals surface area contributed by atoms with Crippen molar-refractivity contribution in [2.24, 2.45) is 0 Å². The first-order valence-electron chi connectivity index (χ1n) is 6.52. The second-order valence-corrected chi connectivity index (χ2v) is 6.46. The van der Waals surface area contributed by atoms with Crippen LogP contribution in [0, 0.1) is 0 Å². The van der Waals surface area contributed by atoms with Crippen molar-refractivity contribution in [3.05, 3.63) is 18.2 Å². The molecule has 0 radical (unpaired) electrons. The van der Waals surface area contributed by atoms with Crippen LogP contribution >= 0.6 is 0 Å². The van der Waals surface area contributed by atoms with Crippen LogP contribution in [-0.4, -0.2) is 60.8 Å². The predicted octanol–water partition coefficient (Wildman–Crippen LogP) is 0.134. The summed E-state index contributed by atoms with van der Waals surface area (Å²) in [5.41, 5.74) is 5.98. The van der Waals surface area contributed by atoms with Crippen LogP contribution in [0.5, 0.6) is 5.75 Å². The first-order chi connectivity index (χ1) is 9.86. The van der Waals surface area contributed by atoms with Gasteiger partial charge in [-0.2, -0.15) is 0 Å². The van der Waals surface area contributed by atoms with Crippen molar-refractivity contribution in [2.45, 2.75) is 4.90 Å². The summed E-state index contributed by atoms with van der Waals surface area (Å²) in [4.78, 5) is 2.01. The maximum absolute atomic E-state index is 12.2. The number of hydrogen-bond acceptors (Lipinski definition) is 6. The van der Waals surface area contributed by atoms with Gasteiger partial charge in [-0.25, -0.2) is 13.1 Å². The number of anilines is 1. The standard InChI is InChI=1S/C13H23N3O4S/c1-16(2)7-9-20-8-6-15-21(17,18)13-10-11(14)4-5-12(13)19-3/h4-5,10,15H,6-9,14H2,1-3H3. The molecule has 0 aliphatic rings. The van der Waals surface area contributed by atoms with Gasteiger partial charge in [0.25, 0.3) is 0 Å². The molecule has 21 heavy (non-hydrogen) atoms. The fraction of sp³-hybridized carbons (Fsp3) is 0.538. The number of rotatable bonds is 9. The van der Waals surface area contributed by atoms with Gasteiger partial charge in [-0.1, -0.05) is 0 Å². The van der Waals surface area contributed by atoms with Gasteiger partial charge in [0.05, 0.1) is 20.3 Å². The molecule has 0 aromatic heterocycles. The van der Waals surface area contributed by atoms with E-state index in [1.807, 2.05) is 19.0 Å². The smallest absolute Gasteiger partial charge is 0.244 e. The highest BCUT2D eigenvalue weighted by atomic mass is 32.2. The van der Waals surface area contributed by atoms with Gasteiger partial charge in [0.1, 0.15) is 10.6 Å². The molecule has 0 fully saturated rings. The molecule has 0 saturated heterocycles. The molecule has 0 aliphatic carbocycles. The first-order valence-corrected chi connectivity index (χ1v) is 8.01. The largest absolute Gasteiger partial charge is 0.495 e. The summed E-state index contributed by atoms with van der Waals surface area (Å²) in [6.45, 7) is 1.83. The Balaban J connectivity index is 2.56. The molecule has 0 saturated carbocycles. The normalized spacial score (nSPS) is 11.8. The summed E-state index contributed by atoms with van der Waals surface area (Å²) in [7, 11) is 1.62. The van der Waals surface area contributed by atoms with Crippen LogP contribution in [0.15, 0.2) is 23.1 Å². The number of methoxy groups -OCH3 is 1. The molecular formula is C13H23N3O4S. The SMILES string of the molecule is COc1ccc(N)cc1S(=O)(=O)NCCOCCN(C)C. The fourth-order valence-electron chi connectivity index (χ4n) is 1.58. The van der Waals surface area contributed by atoms with Crippen molar-refractivity contribution in [3.63, 3.8) is 0 Å². The minimum absolute atomic E-state index is 0.0262. The Labute approximate surface area is 126 Å². The van der Waals surface area contributed by atoms with Gasteiger partial charge in [-0.05, 0) is 32.3 Å². The van der Waals surface area contributed by atoms with E-state index in [0.717, 1.165) is 6.54 Å². The summed E-state index contributed by atoms with van der Waals surface area (Å²) >= 11 is 0. The first kappa shape index (κ1) is 17.7. The van der Waals surface area contributed by atoms with Crippen LogP contribution in [0.1, 0.15) is 0 Å². The van der Waals surface area contributed by atoms with Gasteiger partial charge < -0.3 is 20.1 Å². The van der Waals surface area contributed by atoms with Crippen LogP contribution in [0.3, 0.4) is 0 Å². The van der Waals surface area contributed by atoms with Gasteiger partial charge in [0.2, 0.25) is 10.0 Å². The molecule has 0 unspecified atom stereocenters. The van der Waals surface area contributed by atoms with Crippen LogP contribution in [0.4, 0.5) is 5.69 Å². The zero-order valence-electron chi connectivity index (χ0n) is 12.6. The lowest BCUT2D eigenvalue weighted by atomic mass is 10.3. The van der Waals surface area contributed by atoms with Gasteiger partial charge >= 0.3 is 0 Å². The Morgan fingerprint density at radius 3 is 2.62 bits per heavy atom. The van der Waals surface area contributed by atoms with Crippen LogP contribution in [0.25, 0.3) is 0 Å². The van der Waals surface area contributed by atoms with E-state index >= 15 is 0 Å². The summed E-state index contributed by atoms with van der Waals surface area (Å²) in [5.74, 6) is 0.255. The lowest BCUT2D eigenvalue weighted by Crippen LogP contribution is -2.29. The van der Waals surface area contributed by atoms with Gasteiger partial charge in [0, 0.05) is 18.8 Å². The van der Waals surface area contributed by atoms with E-state index in [1.54, 1.807) is 6.07 Å². The van der Waals surface area contributed by atoms with E-state index < -0.39 is 10.0 Å². The highest BCUT2D eigenvalue weighted by Crippen LogP contribution is 2.25. The minimum atomic E-state index is -3.67. The second kappa shape index (κ2) is 8.18. The van der Waals surface area contributed by atoms with E-state index in [-0.39, 0.29) is 17.2 Å². The number of nitrogen functional groups attached to an aromatic ring is 1. The van der Waals surface area contributed by atoms with E-state index in [9.17, 15) is 8.42 Å². The Hall–Kier alpha value is -1.35. The summed E-state index contributed by atoms with van der Waals surface area (Å²) in [6.07, 6.45) is 0. The molecule has 1 aromatic carbocycles. The highest BCUT2D eigenvalue weighted by molar-refractivity contribution is 7.89. The molecule has 7 nitrogen and oxygen atoms in total. The van der Waals surface area contributed by atoms with Gasteiger partial charge in [-0.15, -0.1) is 0 Å². The summed E-state index contributed by atoms with van der Waals surface area (Å²) in [5, 5.41) is 0. The number of nitrogens with two attached hydrogens (primary N) is 1. The summed E-state index contributed by atoms with van der Waals surface area (Å²) < 4.78 is 37.2. The Bertz CT molecular complexity index is 546. The molecule has 0 amide bonds. The zero-order valence-corrected chi connectivity index (χ0v) is 13.4. The molecule has 0 atom stereocenters. The Morgan fingerprint density at radius 2 is 2.00 bits per heavy atom. The molecular weight excluding hydrogens is 294 g/mol. The number of ether oxygens (including phenoxy) is 2. The molecule has 120 valence electrons.